The standard InChI is InChI=1S/C18H15Cl2N3O2/c19-13-9-7-12(8-10-13)18-22-17(25-23-18)6-2-5-16(24)21-15-4-1-3-14(20)11-15/h1,3-4,7-11H,2,5-6H2,(H,21,24). The summed E-state index contributed by atoms with van der Waals surface area (Å²) in [6, 6.07) is 14.2. The van der Waals surface area contributed by atoms with Gasteiger partial charge in [0.2, 0.25) is 17.6 Å². The van der Waals surface area contributed by atoms with E-state index in [2.05, 4.69) is 15.5 Å². The highest BCUT2D eigenvalue weighted by Crippen LogP contribution is 2.19. The van der Waals surface area contributed by atoms with Crippen LogP contribution in [0.1, 0.15) is 18.7 Å². The molecule has 0 radical (unpaired) electrons. The van der Waals surface area contributed by atoms with Gasteiger partial charge >= 0.3 is 0 Å². The second kappa shape index (κ2) is 8.14. The van der Waals surface area contributed by atoms with Gasteiger partial charge in [-0.05, 0) is 48.9 Å². The van der Waals surface area contributed by atoms with Gasteiger partial charge in [-0.1, -0.05) is 34.4 Å². The van der Waals surface area contributed by atoms with E-state index in [0.29, 0.717) is 46.7 Å². The second-order valence-electron chi connectivity index (χ2n) is 5.43. The van der Waals surface area contributed by atoms with Crippen LogP contribution in [0.5, 0.6) is 0 Å². The third-order valence-corrected chi connectivity index (χ3v) is 3.96. The fourth-order valence-corrected chi connectivity index (χ4v) is 2.58. The van der Waals surface area contributed by atoms with Crippen LogP contribution < -0.4 is 5.32 Å². The second-order valence-corrected chi connectivity index (χ2v) is 6.30. The predicted octanol–water partition coefficient (Wildman–Crippen LogP) is 5.00. The third-order valence-electron chi connectivity index (χ3n) is 3.47. The number of carbonyl (C=O) groups is 1. The van der Waals surface area contributed by atoms with E-state index in [-0.39, 0.29) is 5.91 Å². The molecule has 0 fully saturated rings. The van der Waals surface area contributed by atoms with Crippen LogP contribution in [-0.2, 0) is 11.2 Å². The lowest BCUT2D eigenvalue weighted by Gasteiger charge is -2.04. The number of hydrogen-bond donors (Lipinski definition) is 1. The SMILES string of the molecule is O=C(CCCc1nc(-c2ccc(Cl)cc2)no1)Nc1cccc(Cl)c1. The lowest BCUT2D eigenvalue weighted by Crippen LogP contribution is -2.11. The predicted molar refractivity (Wildman–Crippen MR) is 97.8 cm³/mol. The molecule has 1 aromatic heterocycles. The van der Waals surface area contributed by atoms with Crippen LogP contribution in [0.2, 0.25) is 10.0 Å². The molecule has 1 heterocycles. The minimum Gasteiger partial charge on any atom is -0.339 e. The molecule has 25 heavy (non-hydrogen) atoms. The van der Waals surface area contributed by atoms with Crippen LogP contribution in [0.25, 0.3) is 11.4 Å². The van der Waals surface area contributed by atoms with Crippen LogP contribution in [0.15, 0.2) is 53.1 Å². The summed E-state index contributed by atoms with van der Waals surface area (Å²) in [7, 11) is 0. The molecule has 0 saturated carbocycles. The molecule has 3 rings (SSSR count). The number of carbonyl (C=O) groups excluding carboxylic acids is 1. The zero-order valence-electron chi connectivity index (χ0n) is 13.2. The summed E-state index contributed by atoms with van der Waals surface area (Å²) >= 11 is 11.7. The Hall–Kier alpha value is -2.37. The number of amides is 1. The first-order valence-electron chi connectivity index (χ1n) is 7.74. The van der Waals surface area contributed by atoms with Gasteiger partial charge in [-0.25, -0.2) is 0 Å². The van der Waals surface area contributed by atoms with E-state index in [1.54, 1.807) is 36.4 Å². The van der Waals surface area contributed by atoms with E-state index in [1.807, 2.05) is 12.1 Å². The topological polar surface area (TPSA) is 68.0 Å². The molecule has 0 saturated heterocycles. The summed E-state index contributed by atoms with van der Waals surface area (Å²) in [6.07, 6.45) is 1.49. The van der Waals surface area contributed by atoms with Gasteiger partial charge in [0.15, 0.2) is 0 Å². The van der Waals surface area contributed by atoms with E-state index in [4.69, 9.17) is 27.7 Å². The number of nitrogens with one attached hydrogen (secondary N) is 1. The third kappa shape index (κ3) is 5.05. The zero-order valence-corrected chi connectivity index (χ0v) is 14.7. The van der Waals surface area contributed by atoms with Crippen molar-refractivity contribution < 1.29 is 9.32 Å². The molecule has 0 unspecified atom stereocenters. The van der Waals surface area contributed by atoms with Crippen molar-refractivity contribution in [2.45, 2.75) is 19.3 Å². The van der Waals surface area contributed by atoms with Crippen molar-refractivity contribution in [3.8, 4) is 11.4 Å². The highest BCUT2D eigenvalue weighted by molar-refractivity contribution is 6.31. The van der Waals surface area contributed by atoms with Crippen molar-refractivity contribution in [1.82, 2.24) is 10.1 Å². The van der Waals surface area contributed by atoms with E-state index in [1.165, 1.54) is 0 Å². The first kappa shape index (κ1) is 17.5. The van der Waals surface area contributed by atoms with Gasteiger partial charge < -0.3 is 9.84 Å². The van der Waals surface area contributed by atoms with Gasteiger partial charge in [-0.15, -0.1) is 0 Å². The number of anilines is 1. The first-order valence-corrected chi connectivity index (χ1v) is 8.50. The largest absolute Gasteiger partial charge is 0.339 e. The molecule has 128 valence electrons. The number of benzene rings is 2. The molecule has 2 aromatic carbocycles. The Morgan fingerprint density at radius 2 is 1.88 bits per heavy atom. The summed E-state index contributed by atoms with van der Waals surface area (Å²) in [5.41, 5.74) is 1.51. The fourth-order valence-electron chi connectivity index (χ4n) is 2.26. The maximum absolute atomic E-state index is 11.9. The van der Waals surface area contributed by atoms with Crippen molar-refractivity contribution in [3.63, 3.8) is 0 Å². The van der Waals surface area contributed by atoms with Crippen molar-refractivity contribution in [2.24, 2.45) is 0 Å². The van der Waals surface area contributed by atoms with Crippen LogP contribution in [0.4, 0.5) is 5.69 Å². The molecular weight excluding hydrogens is 361 g/mol. The lowest BCUT2D eigenvalue weighted by atomic mass is 10.2. The molecule has 5 nitrogen and oxygen atoms in total. The lowest BCUT2D eigenvalue weighted by molar-refractivity contribution is -0.116. The van der Waals surface area contributed by atoms with Crippen LogP contribution in [0.3, 0.4) is 0 Å². The highest BCUT2D eigenvalue weighted by Gasteiger charge is 2.10. The summed E-state index contributed by atoms with van der Waals surface area (Å²) in [4.78, 5) is 16.3. The number of hydrogen-bond acceptors (Lipinski definition) is 4. The van der Waals surface area contributed by atoms with E-state index >= 15 is 0 Å². The molecule has 7 heteroatoms. The molecular formula is C18H15Cl2N3O2. The van der Waals surface area contributed by atoms with Crippen LogP contribution in [0, 0.1) is 0 Å². The molecule has 0 aliphatic carbocycles. The Morgan fingerprint density at radius 1 is 1.08 bits per heavy atom. The van der Waals surface area contributed by atoms with Crippen molar-refractivity contribution in [2.75, 3.05) is 5.32 Å². The summed E-state index contributed by atoms with van der Waals surface area (Å²) in [6.45, 7) is 0. The molecule has 1 amide bonds. The van der Waals surface area contributed by atoms with Crippen molar-refractivity contribution in [3.05, 3.63) is 64.5 Å². The van der Waals surface area contributed by atoms with Gasteiger partial charge in [0.25, 0.3) is 0 Å². The van der Waals surface area contributed by atoms with E-state index in [0.717, 1.165) is 5.56 Å². The van der Waals surface area contributed by atoms with Gasteiger partial charge in [0, 0.05) is 34.1 Å². The number of aromatic nitrogens is 2. The monoisotopic (exact) mass is 375 g/mol. The molecule has 3 aromatic rings. The minimum atomic E-state index is -0.0836. The Labute approximate surface area is 155 Å². The first-order chi connectivity index (χ1) is 12.1. The maximum Gasteiger partial charge on any atom is 0.226 e. The van der Waals surface area contributed by atoms with Gasteiger partial charge in [-0.2, -0.15) is 4.98 Å². The van der Waals surface area contributed by atoms with Crippen LogP contribution >= 0.6 is 23.2 Å². The van der Waals surface area contributed by atoms with Gasteiger partial charge in [-0.3, -0.25) is 4.79 Å². The maximum atomic E-state index is 11.9. The van der Waals surface area contributed by atoms with E-state index < -0.39 is 0 Å². The molecule has 0 aliphatic heterocycles. The van der Waals surface area contributed by atoms with Gasteiger partial charge in [0.05, 0.1) is 0 Å². The molecule has 0 atom stereocenters. The smallest absolute Gasteiger partial charge is 0.226 e. The number of rotatable bonds is 6. The Morgan fingerprint density at radius 3 is 2.64 bits per heavy atom. The highest BCUT2D eigenvalue weighted by atomic mass is 35.5. The Kier molecular flexibility index (Phi) is 5.68. The summed E-state index contributed by atoms with van der Waals surface area (Å²) in [5.74, 6) is 0.926. The normalized spacial score (nSPS) is 10.6. The summed E-state index contributed by atoms with van der Waals surface area (Å²) < 4.78 is 5.22. The molecule has 1 N–H and O–H groups in total. The number of aryl methyl sites for hydroxylation is 1. The Bertz CT molecular complexity index is 863. The molecule has 0 spiro atoms. The van der Waals surface area contributed by atoms with Crippen molar-refractivity contribution in [1.29, 1.82) is 0 Å². The fraction of sp³-hybridized carbons (Fsp3) is 0.167. The molecule has 0 bridgehead atoms. The molecule has 0 aliphatic rings. The van der Waals surface area contributed by atoms with E-state index in [9.17, 15) is 4.79 Å². The summed E-state index contributed by atoms with van der Waals surface area (Å²) in [5, 5.41) is 7.98. The minimum absolute atomic E-state index is 0.0836. The van der Waals surface area contributed by atoms with Crippen molar-refractivity contribution >= 4 is 34.8 Å². The zero-order chi connectivity index (χ0) is 17.6. The van der Waals surface area contributed by atoms with Gasteiger partial charge in [0.1, 0.15) is 0 Å². The average molecular weight is 376 g/mol. The Balaban J connectivity index is 1.49. The quantitative estimate of drug-likeness (QED) is 0.657. The average Bonchev–Trinajstić information content (AvgIpc) is 3.04. The van der Waals surface area contributed by atoms with Crippen LogP contribution in [-0.4, -0.2) is 16.0 Å². The number of halogens is 2. The number of nitrogens with zero attached hydrogens (tertiary/aromatic N) is 2.